The van der Waals surface area contributed by atoms with Gasteiger partial charge in [0.2, 0.25) is 0 Å². The second kappa shape index (κ2) is 9.24. The summed E-state index contributed by atoms with van der Waals surface area (Å²) in [6.45, 7) is 8.90. The van der Waals surface area contributed by atoms with Gasteiger partial charge in [-0.25, -0.2) is 0 Å². The van der Waals surface area contributed by atoms with Crippen LogP contribution in [0.5, 0.6) is 0 Å². The topological polar surface area (TPSA) is 35.5 Å². The van der Waals surface area contributed by atoms with E-state index in [2.05, 4.69) is 43.9 Å². The molecule has 0 aromatic heterocycles. The molecule has 0 bridgehead atoms. The fourth-order valence-electron chi connectivity index (χ4n) is 3.50. The Kier molecular flexibility index (Phi) is 7.59. The Balaban J connectivity index is 2.29. The lowest BCUT2D eigenvalue weighted by molar-refractivity contribution is -0.145. The summed E-state index contributed by atoms with van der Waals surface area (Å²) in [5.74, 6) is -0.135. The molecule has 1 aromatic carbocycles. The van der Waals surface area contributed by atoms with E-state index < -0.39 is 8.32 Å². The second-order valence-electron chi connectivity index (χ2n) is 7.77. The van der Waals surface area contributed by atoms with E-state index in [-0.39, 0.29) is 16.8 Å². The van der Waals surface area contributed by atoms with E-state index in [4.69, 9.17) is 9.16 Å². The molecule has 0 N–H and O–H groups in total. The first-order valence-electron chi connectivity index (χ1n) is 9.42. The summed E-state index contributed by atoms with van der Waals surface area (Å²) >= 11 is 1.91. The van der Waals surface area contributed by atoms with E-state index in [1.807, 2.05) is 24.8 Å². The number of hydrogen-bond donors (Lipinski definition) is 0. The standard InChI is InChI=1S/C20H32O3SSi/c1-5-22-19(21)16-18(23-25(2,3)4)20(14-10-7-11-15-20)24-17-12-8-6-9-13-17/h6,8-9,12-13,18H,5,7,10-11,14-16H2,1-4H3. The van der Waals surface area contributed by atoms with Crippen LogP contribution < -0.4 is 0 Å². The molecular formula is C20H32O3SSi. The van der Waals surface area contributed by atoms with Crippen molar-refractivity contribution in [2.45, 2.75) is 80.8 Å². The normalized spacial score (nSPS) is 18.6. The second-order valence-corrected chi connectivity index (χ2v) is 13.7. The van der Waals surface area contributed by atoms with Gasteiger partial charge in [0.15, 0.2) is 8.32 Å². The SMILES string of the molecule is CCOC(=O)CC(O[Si](C)(C)C)C1(Sc2ccccc2)CCCCC1. The monoisotopic (exact) mass is 380 g/mol. The van der Waals surface area contributed by atoms with Gasteiger partial charge in [-0.3, -0.25) is 4.79 Å². The van der Waals surface area contributed by atoms with Crippen molar-refractivity contribution < 1.29 is 14.0 Å². The third-order valence-electron chi connectivity index (χ3n) is 4.50. The van der Waals surface area contributed by atoms with Crippen molar-refractivity contribution in [2.24, 2.45) is 0 Å². The lowest BCUT2D eigenvalue weighted by Gasteiger charge is -2.45. The summed E-state index contributed by atoms with van der Waals surface area (Å²) in [6, 6.07) is 10.5. The van der Waals surface area contributed by atoms with Crippen molar-refractivity contribution in [3.8, 4) is 0 Å². The van der Waals surface area contributed by atoms with Gasteiger partial charge in [-0.1, -0.05) is 37.5 Å². The van der Waals surface area contributed by atoms with Crippen molar-refractivity contribution in [2.75, 3.05) is 6.61 Å². The van der Waals surface area contributed by atoms with E-state index in [9.17, 15) is 4.79 Å². The smallest absolute Gasteiger partial charge is 0.308 e. The van der Waals surface area contributed by atoms with Crippen LogP contribution in [-0.2, 0) is 14.0 Å². The molecule has 1 aromatic rings. The number of carbonyl (C=O) groups excluding carboxylic acids is 1. The zero-order valence-electron chi connectivity index (χ0n) is 16.0. The highest BCUT2D eigenvalue weighted by atomic mass is 32.2. The van der Waals surface area contributed by atoms with E-state index in [1.54, 1.807) is 0 Å². The molecule has 3 nitrogen and oxygen atoms in total. The Morgan fingerprint density at radius 3 is 2.36 bits per heavy atom. The predicted octanol–water partition coefficient (Wildman–Crippen LogP) is 5.65. The molecule has 0 radical (unpaired) electrons. The van der Waals surface area contributed by atoms with Gasteiger partial charge in [0, 0.05) is 9.64 Å². The first kappa shape index (κ1) is 20.5. The van der Waals surface area contributed by atoms with E-state index in [1.165, 1.54) is 24.2 Å². The van der Waals surface area contributed by atoms with Crippen LogP contribution in [0.4, 0.5) is 0 Å². The fraction of sp³-hybridized carbons (Fsp3) is 0.650. The Morgan fingerprint density at radius 2 is 1.80 bits per heavy atom. The molecular weight excluding hydrogens is 348 g/mol. The van der Waals surface area contributed by atoms with Crippen LogP contribution in [0.15, 0.2) is 35.2 Å². The van der Waals surface area contributed by atoms with Gasteiger partial charge in [-0.05, 0) is 51.5 Å². The van der Waals surface area contributed by atoms with Crippen molar-refractivity contribution >= 4 is 26.0 Å². The van der Waals surface area contributed by atoms with Crippen LogP contribution in [0.25, 0.3) is 0 Å². The lowest BCUT2D eigenvalue weighted by atomic mass is 9.83. The maximum atomic E-state index is 12.3. The minimum Gasteiger partial charge on any atom is -0.466 e. The van der Waals surface area contributed by atoms with Gasteiger partial charge in [-0.2, -0.15) is 0 Å². The number of esters is 1. The summed E-state index contributed by atoms with van der Waals surface area (Å²) in [5, 5.41) is 0. The molecule has 0 heterocycles. The van der Waals surface area contributed by atoms with Gasteiger partial charge in [0.25, 0.3) is 0 Å². The number of carbonyl (C=O) groups is 1. The van der Waals surface area contributed by atoms with Gasteiger partial charge in [-0.15, -0.1) is 11.8 Å². The highest BCUT2D eigenvalue weighted by Crippen LogP contribution is 2.48. The average molecular weight is 381 g/mol. The van der Waals surface area contributed by atoms with E-state index in [0.717, 1.165) is 12.8 Å². The molecule has 0 saturated heterocycles. The third kappa shape index (κ3) is 6.46. The van der Waals surface area contributed by atoms with Crippen LogP contribution in [0.3, 0.4) is 0 Å². The number of hydrogen-bond acceptors (Lipinski definition) is 4. The molecule has 1 saturated carbocycles. The molecule has 1 unspecified atom stereocenters. The van der Waals surface area contributed by atoms with Crippen molar-refractivity contribution in [3.63, 3.8) is 0 Å². The molecule has 1 aliphatic carbocycles. The summed E-state index contributed by atoms with van der Waals surface area (Å²) < 4.78 is 11.8. The summed E-state index contributed by atoms with van der Waals surface area (Å²) in [5.41, 5.74) is 0. The Morgan fingerprint density at radius 1 is 1.16 bits per heavy atom. The molecule has 0 amide bonds. The largest absolute Gasteiger partial charge is 0.466 e. The number of benzene rings is 1. The highest BCUT2D eigenvalue weighted by molar-refractivity contribution is 8.00. The predicted molar refractivity (Wildman–Crippen MR) is 108 cm³/mol. The molecule has 0 aliphatic heterocycles. The van der Waals surface area contributed by atoms with Crippen molar-refractivity contribution in [3.05, 3.63) is 30.3 Å². The lowest BCUT2D eigenvalue weighted by Crippen LogP contribution is -2.48. The molecule has 1 fully saturated rings. The molecule has 1 aliphatic rings. The van der Waals surface area contributed by atoms with Crippen molar-refractivity contribution in [1.29, 1.82) is 0 Å². The molecule has 2 rings (SSSR count). The zero-order chi connectivity index (χ0) is 18.3. The molecule has 5 heteroatoms. The minimum absolute atomic E-state index is 0.0351. The van der Waals surface area contributed by atoms with Gasteiger partial charge in [0.05, 0.1) is 19.1 Å². The van der Waals surface area contributed by atoms with Crippen LogP contribution in [0, 0.1) is 0 Å². The maximum absolute atomic E-state index is 12.3. The quantitative estimate of drug-likeness (QED) is 0.431. The number of thioether (sulfide) groups is 1. The molecule has 140 valence electrons. The maximum Gasteiger partial charge on any atom is 0.308 e. The van der Waals surface area contributed by atoms with Crippen LogP contribution in [0.2, 0.25) is 19.6 Å². The molecule has 25 heavy (non-hydrogen) atoms. The first-order chi connectivity index (χ1) is 11.8. The summed E-state index contributed by atoms with van der Waals surface area (Å²) in [6.07, 6.45) is 6.16. The molecule has 0 spiro atoms. The van der Waals surface area contributed by atoms with Crippen LogP contribution >= 0.6 is 11.8 Å². The first-order valence-corrected chi connectivity index (χ1v) is 13.6. The summed E-state index contributed by atoms with van der Waals surface area (Å²) in [7, 11) is -1.78. The zero-order valence-corrected chi connectivity index (χ0v) is 17.9. The Hall–Kier alpha value is -0.783. The number of rotatable bonds is 8. The fourth-order valence-corrected chi connectivity index (χ4v) is 6.26. The third-order valence-corrected chi connectivity index (χ3v) is 7.08. The summed E-state index contributed by atoms with van der Waals surface area (Å²) in [4.78, 5) is 13.5. The van der Waals surface area contributed by atoms with Crippen molar-refractivity contribution in [1.82, 2.24) is 0 Å². The Bertz CT molecular complexity index is 536. The highest BCUT2D eigenvalue weighted by Gasteiger charge is 2.44. The molecule has 1 atom stereocenters. The number of ether oxygens (including phenoxy) is 1. The Labute approximate surface area is 158 Å². The van der Waals surface area contributed by atoms with Gasteiger partial charge < -0.3 is 9.16 Å². The minimum atomic E-state index is -1.78. The van der Waals surface area contributed by atoms with Crippen LogP contribution in [0.1, 0.15) is 45.4 Å². The van der Waals surface area contributed by atoms with Gasteiger partial charge in [0.1, 0.15) is 0 Å². The van der Waals surface area contributed by atoms with Crippen LogP contribution in [-0.4, -0.2) is 31.7 Å². The van der Waals surface area contributed by atoms with E-state index in [0.29, 0.717) is 13.0 Å². The van der Waals surface area contributed by atoms with Gasteiger partial charge >= 0.3 is 5.97 Å². The average Bonchev–Trinajstić information content (AvgIpc) is 2.55. The van der Waals surface area contributed by atoms with E-state index >= 15 is 0 Å².